The predicted octanol–water partition coefficient (Wildman–Crippen LogP) is 1.99. The molecule has 0 aromatic carbocycles. The molecule has 0 unspecified atom stereocenters. The fraction of sp³-hybridized carbons (Fsp3) is 0. The molecular weight excluding hydrogens is 167 g/mol. The molecule has 0 N–H and O–H groups in total. The zero-order valence-electron chi connectivity index (χ0n) is 3.13. The molecule has 0 amide bonds. The second kappa shape index (κ2) is 2.84. The van der Waals surface area contributed by atoms with Gasteiger partial charge in [-0.2, -0.15) is 0 Å². The van der Waals surface area contributed by atoms with E-state index >= 15 is 0 Å². The van der Waals surface area contributed by atoms with Crippen LogP contribution in [0.15, 0.2) is 0 Å². The van der Waals surface area contributed by atoms with Gasteiger partial charge >= 0.3 is 17.0 Å². The Labute approximate surface area is 50.4 Å². The molecule has 1 heterocycles. The van der Waals surface area contributed by atoms with Gasteiger partial charge in [0.25, 0.3) is 7.05 Å². The molecule has 0 aliphatic carbocycles. The van der Waals surface area contributed by atoms with Gasteiger partial charge in [0.2, 0.25) is 0 Å². The molecule has 0 saturated carbocycles. The van der Waals surface area contributed by atoms with Crippen LogP contribution in [0.2, 0.25) is 0 Å². The van der Waals surface area contributed by atoms with E-state index < -0.39 is 7.05 Å². The SMILES string of the molecule is S[p+]1npnpn1. The Morgan fingerprint density at radius 3 is 2.14 bits per heavy atom. The summed E-state index contributed by atoms with van der Waals surface area (Å²) in [5, 5.41) is 0. The van der Waals surface area contributed by atoms with Crippen molar-refractivity contribution in [2.24, 2.45) is 0 Å². The second-order valence-corrected chi connectivity index (χ2v) is 4.83. The number of aromatic nitrogens is 3. The number of rotatable bonds is 0. The van der Waals surface area contributed by atoms with Crippen LogP contribution < -0.4 is 0 Å². The summed E-state index contributed by atoms with van der Waals surface area (Å²) in [6.45, 7) is 0. The Morgan fingerprint density at radius 1 is 1.29 bits per heavy atom. The highest BCUT2D eigenvalue weighted by Gasteiger charge is 1.92. The van der Waals surface area contributed by atoms with Gasteiger partial charge in [-0.25, -0.2) is 0 Å². The van der Waals surface area contributed by atoms with Crippen molar-refractivity contribution >= 4 is 36.3 Å². The zero-order chi connectivity index (χ0) is 5.11. The highest BCUT2D eigenvalue weighted by atomic mass is 32.7. The normalized spacial score (nSPS) is 13.6. The van der Waals surface area contributed by atoms with Crippen LogP contribution in [0.1, 0.15) is 0 Å². The molecule has 7 heteroatoms. The Balaban J connectivity index is 3.02. The second-order valence-electron chi connectivity index (χ2n) is 0.716. The van der Waals surface area contributed by atoms with Crippen molar-refractivity contribution in [3.63, 3.8) is 0 Å². The lowest BCUT2D eigenvalue weighted by Crippen LogP contribution is -1.53. The summed E-state index contributed by atoms with van der Waals surface area (Å²) >= 11 is 4.02. The minimum Gasteiger partial charge on any atom is -0.0278 e. The van der Waals surface area contributed by atoms with Gasteiger partial charge in [0.15, 0.2) is 0 Å². The minimum absolute atomic E-state index is 0.666. The molecule has 36 valence electrons. The largest absolute Gasteiger partial charge is 0.347 e. The third-order valence-electron chi connectivity index (χ3n) is 0.320. The zero-order valence-corrected chi connectivity index (χ0v) is 6.71. The van der Waals surface area contributed by atoms with Gasteiger partial charge in [-0.3, -0.25) is 0 Å². The molecule has 1 aromatic heterocycles. The molecule has 0 aliphatic heterocycles. The van der Waals surface area contributed by atoms with Gasteiger partial charge in [-0.1, -0.05) is 0 Å². The van der Waals surface area contributed by atoms with E-state index in [2.05, 4.69) is 25.8 Å². The van der Waals surface area contributed by atoms with Crippen molar-refractivity contribution in [3.05, 3.63) is 0 Å². The maximum Gasteiger partial charge on any atom is 0.347 e. The lowest BCUT2D eigenvalue weighted by atomic mass is 13.9. The summed E-state index contributed by atoms with van der Waals surface area (Å²) in [6.07, 6.45) is 0. The van der Waals surface area contributed by atoms with Gasteiger partial charge in [0.05, 0.1) is 0 Å². The van der Waals surface area contributed by atoms with Crippen LogP contribution in [0, 0.1) is 0 Å². The quantitative estimate of drug-likeness (QED) is 0.602. The van der Waals surface area contributed by atoms with Crippen molar-refractivity contribution in [1.82, 2.24) is 13.5 Å². The number of nitrogens with zero attached hydrogens (tertiary/aromatic N) is 3. The van der Waals surface area contributed by atoms with Crippen molar-refractivity contribution in [2.45, 2.75) is 0 Å². The molecule has 0 bridgehead atoms. The van der Waals surface area contributed by atoms with Crippen LogP contribution in [0.3, 0.4) is 0 Å². The lowest BCUT2D eigenvalue weighted by molar-refractivity contribution is 1.69. The van der Waals surface area contributed by atoms with E-state index in [1.54, 1.807) is 0 Å². The minimum atomic E-state index is -0.666. The third-order valence-corrected chi connectivity index (χ3v) is 4.32. The molecule has 1 aromatic rings. The Morgan fingerprint density at radius 2 is 1.86 bits per heavy atom. The average molecular weight is 168 g/mol. The highest BCUT2D eigenvalue weighted by molar-refractivity contribution is 8.40. The van der Waals surface area contributed by atoms with E-state index in [-0.39, 0.29) is 0 Å². The number of thiol groups is 1. The van der Waals surface area contributed by atoms with Crippen LogP contribution in [-0.4, -0.2) is 13.5 Å². The van der Waals surface area contributed by atoms with Crippen LogP contribution in [-0.2, 0) is 0 Å². The molecule has 1 rings (SSSR count). The van der Waals surface area contributed by atoms with E-state index in [1.807, 2.05) is 0 Å². The fourth-order valence-electron chi connectivity index (χ4n) is 0.143. The van der Waals surface area contributed by atoms with Gasteiger partial charge < -0.3 is 0 Å². The molecule has 0 aliphatic rings. The van der Waals surface area contributed by atoms with Crippen molar-refractivity contribution in [2.75, 3.05) is 0 Å². The summed E-state index contributed by atoms with van der Waals surface area (Å²) in [6, 6.07) is 0. The van der Waals surface area contributed by atoms with Crippen LogP contribution in [0.5, 0.6) is 0 Å². The third kappa shape index (κ3) is 1.92. The van der Waals surface area contributed by atoms with Crippen molar-refractivity contribution < 1.29 is 0 Å². The van der Waals surface area contributed by atoms with Gasteiger partial charge in [0.1, 0.15) is 0 Å². The molecule has 3 nitrogen and oxygen atoms in total. The number of hydrogen-bond donors (Lipinski definition) is 1. The summed E-state index contributed by atoms with van der Waals surface area (Å²) in [5.41, 5.74) is 0. The summed E-state index contributed by atoms with van der Waals surface area (Å²) in [5.74, 6) is 0. The first kappa shape index (κ1) is 5.78. The maximum absolute atomic E-state index is 4.02. The highest BCUT2D eigenvalue weighted by Crippen LogP contribution is 2.24. The lowest BCUT2D eigenvalue weighted by Gasteiger charge is -1.64. The van der Waals surface area contributed by atoms with Crippen molar-refractivity contribution in [1.29, 1.82) is 0 Å². The van der Waals surface area contributed by atoms with Crippen LogP contribution in [0.25, 0.3) is 0 Å². The molecule has 0 atom stereocenters. The monoisotopic (exact) mass is 168 g/mol. The molecule has 0 saturated heterocycles. The first-order chi connectivity index (χ1) is 3.39. The summed E-state index contributed by atoms with van der Waals surface area (Å²) in [7, 11) is 0.912. The van der Waals surface area contributed by atoms with Crippen molar-refractivity contribution in [3.8, 4) is 0 Å². The van der Waals surface area contributed by atoms with E-state index in [4.69, 9.17) is 0 Å². The molecule has 0 fully saturated rings. The predicted molar refractivity (Wildman–Crippen MR) is 36.4 cm³/mol. The van der Waals surface area contributed by atoms with E-state index in [9.17, 15) is 0 Å². The first-order valence-electron chi connectivity index (χ1n) is 1.40. The molecule has 7 heavy (non-hydrogen) atoms. The van der Waals surface area contributed by atoms with E-state index in [1.165, 1.54) is 0 Å². The fourth-order valence-corrected chi connectivity index (χ4v) is 2.90. The molecular formula is HN3P3S+. The van der Waals surface area contributed by atoms with Crippen LogP contribution >= 0.6 is 36.3 Å². The van der Waals surface area contributed by atoms with Gasteiger partial charge in [-0.15, -0.1) is 0 Å². The standard InChI is InChI=1S/HN3P3S/c7-6-2-4-1-5-3-6/h(H,1,2,3,7)/q+1. The summed E-state index contributed by atoms with van der Waals surface area (Å²) < 4.78 is 11.6. The Hall–Kier alpha value is 0.650. The van der Waals surface area contributed by atoms with Gasteiger partial charge in [0, 0.05) is 0 Å². The Bertz CT molecular complexity index is 140. The molecule has 0 radical (unpaired) electrons. The number of hydrogen-bond acceptors (Lipinski definition) is 4. The van der Waals surface area contributed by atoms with Gasteiger partial charge in [-0.05, 0) is 25.8 Å². The van der Waals surface area contributed by atoms with E-state index in [0.717, 1.165) is 17.0 Å². The summed E-state index contributed by atoms with van der Waals surface area (Å²) in [4.78, 5) is 0. The first-order valence-corrected chi connectivity index (χ1v) is 5.40. The molecule has 0 spiro atoms. The average Bonchev–Trinajstić information content (AvgIpc) is 1.69. The van der Waals surface area contributed by atoms with E-state index in [0.29, 0.717) is 0 Å². The topological polar surface area (TPSA) is 38.7 Å². The van der Waals surface area contributed by atoms with Crippen LogP contribution in [0.4, 0.5) is 0 Å². The maximum atomic E-state index is 4.02. The smallest absolute Gasteiger partial charge is 0.0278 e. The Kier molecular flexibility index (Phi) is 2.34.